The fourth-order valence-corrected chi connectivity index (χ4v) is 2.22. The van der Waals surface area contributed by atoms with E-state index in [1.54, 1.807) is 20.8 Å². The van der Waals surface area contributed by atoms with Crippen molar-refractivity contribution in [3.63, 3.8) is 0 Å². The third-order valence-electron chi connectivity index (χ3n) is 3.45. The lowest BCUT2D eigenvalue weighted by atomic mass is 9.86. The van der Waals surface area contributed by atoms with Crippen molar-refractivity contribution >= 4 is 12.0 Å². The fourth-order valence-electron chi connectivity index (χ4n) is 2.22. The van der Waals surface area contributed by atoms with Gasteiger partial charge in [0.15, 0.2) is 0 Å². The Hall–Kier alpha value is -2.04. The molecular formula is C19H30N2O3. The first-order chi connectivity index (χ1) is 10.9. The van der Waals surface area contributed by atoms with Crippen LogP contribution in [-0.4, -0.2) is 23.6 Å². The zero-order chi connectivity index (χ0) is 18.5. The lowest BCUT2D eigenvalue weighted by Gasteiger charge is -2.32. The molecule has 0 aromatic heterocycles. The number of rotatable bonds is 4. The highest BCUT2D eigenvalue weighted by atomic mass is 16.6. The summed E-state index contributed by atoms with van der Waals surface area (Å²) < 4.78 is 5.27. The Bertz CT molecular complexity index is 556. The van der Waals surface area contributed by atoms with Crippen molar-refractivity contribution in [1.29, 1.82) is 0 Å². The minimum atomic E-state index is -0.696. The van der Waals surface area contributed by atoms with E-state index in [1.165, 1.54) is 0 Å². The predicted molar refractivity (Wildman–Crippen MR) is 95.6 cm³/mol. The highest BCUT2D eigenvalue weighted by molar-refractivity contribution is 5.86. The average Bonchev–Trinajstić information content (AvgIpc) is 2.42. The third kappa shape index (κ3) is 6.60. The van der Waals surface area contributed by atoms with Crippen LogP contribution in [0.2, 0.25) is 0 Å². The summed E-state index contributed by atoms with van der Waals surface area (Å²) in [6.07, 6.45) is -0.593. The molecule has 5 nitrogen and oxygen atoms in total. The number of hydrogen-bond donors (Lipinski definition) is 2. The molecule has 0 aliphatic carbocycles. The summed E-state index contributed by atoms with van der Waals surface area (Å²) in [6, 6.07) is 8.86. The lowest BCUT2D eigenvalue weighted by Crippen LogP contribution is -2.54. The Morgan fingerprint density at radius 1 is 0.958 bits per heavy atom. The number of ether oxygens (including phenoxy) is 1. The van der Waals surface area contributed by atoms with E-state index in [9.17, 15) is 9.59 Å². The van der Waals surface area contributed by atoms with Gasteiger partial charge in [-0.15, -0.1) is 0 Å². The summed E-state index contributed by atoms with van der Waals surface area (Å²) in [4.78, 5) is 24.8. The van der Waals surface area contributed by atoms with Crippen LogP contribution in [0.25, 0.3) is 0 Å². The van der Waals surface area contributed by atoms with Crippen molar-refractivity contribution in [1.82, 2.24) is 10.6 Å². The van der Waals surface area contributed by atoms with Crippen LogP contribution in [0, 0.1) is 5.41 Å². The number of hydrogen-bond acceptors (Lipinski definition) is 3. The first-order valence-electron chi connectivity index (χ1n) is 8.25. The highest BCUT2D eigenvalue weighted by Gasteiger charge is 2.34. The van der Waals surface area contributed by atoms with Crippen LogP contribution in [0.3, 0.4) is 0 Å². The summed E-state index contributed by atoms with van der Waals surface area (Å²) in [5.74, 6) is -0.232. The Labute approximate surface area is 145 Å². The van der Waals surface area contributed by atoms with E-state index in [0.717, 1.165) is 5.56 Å². The molecular weight excluding hydrogens is 304 g/mol. The van der Waals surface area contributed by atoms with Gasteiger partial charge in [0.25, 0.3) is 0 Å². The SMILES string of the molecule is CC(NC(=O)C(NC(=O)OC(C)(C)C)C(C)(C)C)c1ccccc1. The largest absolute Gasteiger partial charge is 0.444 e. The second-order valence-electron chi connectivity index (χ2n) is 8.09. The minimum Gasteiger partial charge on any atom is -0.444 e. The Morgan fingerprint density at radius 3 is 1.96 bits per heavy atom. The molecule has 0 fully saturated rings. The van der Waals surface area contributed by atoms with Crippen molar-refractivity contribution in [2.45, 2.75) is 66.2 Å². The first-order valence-corrected chi connectivity index (χ1v) is 8.25. The van der Waals surface area contributed by atoms with Gasteiger partial charge in [0, 0.05) is 0 Å². The lowest BCUT2D eigenvalue weighted by molar-refractivity contribution is -0.126. The topological polar surface area (TPSA) is 67.4 Å². The maximum Gasteiger partial charge on any atom is 0.408 e. The van der Waals surface area contributed by atoms with E-state index < -0.39 is 23.2 Å². The summed E-state index contributed by atoms with van der Waals surface area (Å²) in [5.41, 5.74) is -0.0478. The van der Waals surface area contributed by atoms with Crippen LogP contribution in [0.1, 0.15) is 60.1 Å². The van der Waals surface area contributed by atoms with Crippen molar-refractivity contribution in [3.8, 4) is 0 Å². The molecule has 0 radical (unpaired) electrons. The van der Waals surface area contributed by atoms with E-state index >= 15 is 0 Å². The minimum absolute atomic E-state index is 0.149. The van der Waals surface area contributed by atoms with Crippen molar-refractivity contribution in [2.24, 2.45) is 5.41 Å². The van der Waals surface area contributed by atoms with E-state index in [-0.39, 0.29) is 11.9 Å². The molecule has 5 heteroatoms. The normalized spacial score (nSPS) is 14.5. The van der Waals surface area contributed by atoms with Gasteiger partial charge in [0.1, 0.15) is 11.6 Å². The average molecular weight is 334 g/mol. The maximum absolute atomic E-state index is 12.7. The van der Waals surface area contributed by atoms with Crippen molar-refractivity contribution in [2.75, 3.05) is 0 Å². The standard InChI is InChI=1S/C19H30N2O3/c1-13(14-11-9-8-10-12-14)20-16(22)15(18(2,3)4)21-17(23)24-19(5,6)7/h8-13,15H,1-7H3,(H,20,22)(H,21,23). The van der Waals surface area contributed by atoms with Crippen LogP contribution >= 0.6 is 0 Å². The maximum atomic E-state index is 12.7. The molecule has 0 heterocycles. The van der Waals surface area contributed by atoms with E-state index in [1.807, 2.05) is 58.0 Å². The van der Waals surface area contributed by atoms with Gasteiger partial charge in [-0.2, -0.15) is 0 Å². The zero-order valence-electron chi connectivity index (χ0n) is 15.8. The summed E-state index contributed by atoms with van der Waals surface area (Å²) in [5, 5.41) is 5.66. The number of nitrogens with one attached hydrogen (secondary N) is 2. The second kappa shape index (κ2) is 7.69. The molecule has 2 unspecified atom stereocenters. The Kier molecular flexibility index (Phi) is 6.41. The fraction of sp³-hybridized carbons (Fsp3) is 0.579. The van der Waals surface area contributed by atoms with Crippen LogP contribution in [-0.2, 0) is 9.53 Å². The molecule has 0 aliphatic heterocycles. The van der Waals surface area contributed by atoms with E-state index in [2.05, 4.69) is 10.6 Å². The van der Waals surface area contributed by atoms with Crippen molar-refractivity contribution in [3.05, 3.63) is 35.9 Å². The first kappa shape index (κ1) is 20.0. The smallest absolute Gasteiger partial charge is 0.408 e. The van der Waals surface area contributed by atoms with E-state index in [4.69, 9.17) is 4.74 Å². The number of carbonyl (C=O) groups excluding carboxylic acids is 2. The molecule has 0 saturated heterocycles. The molecule has 1 aromatic rings. The highest BCUT2D eigenvalue weighted by Crippen LogP contribution is 2.21. The van der Waals surface area contributed by atoms with E-state index in [0.29, 0.717) is 0 Å². The van der Waals surface area contributed by atoms with Gasteiger partial charge in [0.2, 0.25) is 5.91 Å². The molecule has 2 N–H and O–H groups in total. The third-order valence-corrected chi connectivity index (χ3v) is 3.45. The van der Waals surface area contributed by atoms with Crippen LogP contribution in [0.4, 0.5) is 4.79 Å². The summed E-state index contributed by atoms with van der Waals surface area (Å²) in [6.45, 7) is 13.0. The van der Waals surface area contributed by atoms with Crippen LogP contribution in [0.15, 0.2) is 30.3 Å². The zero-order valence-corrected chi connectivity index (χ0v) is 15.8. The molecule has 2 amide bonds. The Balaban J connectivity index is 2.81. The van der Waals surface area contributed by atoms with Crippen LogP contribution < -0.4 is 10.6 Å². The molecule has 1 aromatic carbocycles. The molecule has 0 aliphatic rings. The van der Waals surface area contributed by atoms with Gasteiger partial charge < -0.3 is 15.4 Å². The predicted octanol–water partition coefficient (Wildman–Crippen LogP) is 3.80. The number of amides is 2. The van der Waals surface area contributed by atoms with Gasteiger partial charge in [-0.3, -0.25) is 4.79 Å². The molecule has 24 heavy (non-hydrogen) atoms. The van der Waals surface area contributed by atoms with Crippen LogP contribution in [0.5, 0.6) is 0 Å². The molecule has 0 spiro atoms. The van der Waals surface area contributed by atoms with Gasteiger partial charge in [-0.1, -0.05) is 51.1 Å². The van der Waals surface area contributed by atoms with Crippen molar-refractivity contribution < 1.29 is 14.3 Å². The summed E-state index contributed by atoms with van der Waals surface area (Å²) >= 11 is 0. The number of benzene rings is 1. The molecule has 0 bridgehead atoms. The Morgan fingerprint density at radius 2 is 1.50 bits per heavy atom. The molecule has 1 rings (SSSR count). The molecule has 0 saturated carbocycles. The van der Waals surface area contributed by atoms with Gasteiger partial charge in [0.05, 0.1) is 6.04 Å². The quantitative estimate of drug-likeness (QED) is 0.880. The number of carbonyl (C=O) groups is 2. The summed E-state index contributed by atoms with van der Waals surface area (Å²) in [7, 11) is 0. The number of alkyl carbamates (subject to hydrolysis) is 1. The van der Waals surface area contributed by atoms with Gasteiger partial charge in [-0.25, -0.2) is 4.79 Å². The second-order valence-corrected chi connectivity index (χ2v) is 8.09. The molecule has 134 valence electrons. The monoisotopic (exact) mass is 334 g/mol. The molecule has 2 atom stereocenters. The van der Waals surface area contributed by atoms with Gasteiger partial charge in [-0.05, 0) is 38.7 Å². The van der Waals surface area contributed by atoms with Gasteiger partial charge >= 0.3 is 6.09 Å².